The standard InChI is InChI=1S/C11H14BrNO/c1-8(2)4-5-14-11-9(3)6-10(12)7-13-11/h6-7H,1,4-5H2,2-3H3. The maximum atomic E-state index is 5.51. The SMILES string of the molecule is C=C(C)CCOc1ncc(Br)cc1C. The second-order valence-electron chi connectivity index (χ2n) is 3.33. The molecule has 0 aliphatic heterocycles. The Morgan fingerprint density at radius 2 is 2.36 bits per heavy atom. The number of aryl methyl sites for hydroxylation is 1. The molecule has 0 saturated carbocycles. The summed E-state index contributed by atoms with van der Waals surface area (Å²) in [7, 11) is 0. The van der Waals surface area contributed by atoms with E-state index < -0.39 is 0 Å². The molecule has 3 heteroatoms. The molecule has 0 fully saturated rings. The highest BCUT2D eigenvalue weighted by Crippen LogP contribution is 2.18. The predicted octanol–water partition coefficient (Wildman–Crippen LogP) is 3.50. The number of pyridine rings is 1. The van der Waals surface area contributed by atoms with E-state index in [4.69, 9.17) is 4.74 Å². The Hall–Kier alpha value is -0.830. The van der Waals surface area contributed by atoms with Crippen molar-refractivity contribution in [2.45, 2.75) is 20.3 Å². The summed E-state index contributed by atoms with van der Waals surface area (Å²) in [5.41, 5.74) is 2.17. The smallest absolute Gasteiger partial charge is 0.216 e. The fraction of sp³-hybridized carbons (Fsp3) is 0.364. The van der Waals surface area contributed by atoms with Crippen molar-refractivity contribution >= 4 is 15.9 Å². The van der Waals surface area contributed by atoms with E-state index in [1.165, 1.54) is 0 Å². The first-order chi connectivity index (χ1) is 6.59. The average molecular weight is 256 g/mol. The first kappa shape index (κ1) is 11.2. The third-order valence-corrected chi connectivity index (χ3v) is 2.20. The normalized spacial score (nSPS) is 9.93. The Balaban J connectivity index is 2.55. The molecule has 0 unspecified atom stereocenters. The van der Waals surface area contributed by atoms with E-state index in [0.29, 0.717) is 12.5 Å². The maximum absolute atomic E-state index is 5.51. The molecule has 1 heterocycles. The van der Waals surface area contributed by atoms with Gasteiger partial charge in [0.05, 0.1) is 6.61 Å². The summed E-state index contributed by atoms with van der Waals surface area (Å²) < 4.78 is 6.48. The van der Waals surface area contributed by atoms with Gasteiger partial charge >= 0.3 is 0 Å². The van der Waals surface area contributed by atoms with E-state index in [-0.39, 0.29) is 0 Å². The molecule has 1 aromatic heterocycles. The Bertz CT molecular complexity index is 336. The van der Waals surface area contributed by atoms with Crippen molar-refractivity contribution in [3.05, 3.63) is 34.5 Å². The van der Waals surface area contributed by atoms with Crippen LogP contribution >= 0.6 is 15.9 Å². The summed E-state index contributed by atoms with van der Waals surface area (Å²) in [5.74, 6) is 0.703. The van der Waals surface area contributed by atoms with Gasteiger partial charge in [-0.15, -0.1) is 6.58 Å². The summed E-state index contributed by atoms with van der Waals surface area (Å²) in [5, 5.41) is 0. The lowest BCUT2D eigenvalue weighted by molar-refractivity contribution is 0.307. The minimum atomic E-state index is 0.644. The molecule has 2 nitrogen and oxygen atoms in total. The van der Waals surface area contributed by atoms with Crippen LogP contribution in [-0.2, 0) is 0 Å². The Kier molecular flexibility index (Phi) is 4.14. The summed E-state index contributed by atoms with van der Waals surface area (Å²) in [4.78, 5) is 4.18. The van der Waals surface area contributed by atoms with Crippen molar-refractivity contribution in [1.29, 1.82) is 0 Å². The Morgan fingerprint density at radius 3 is 2.93 bits per heavy atom. The van der Waals surface area contributed by atoms with Crippen LogP contribution in [-0.4, -0.2) is 11.6 Å². The fourth-order valence-corrected chi connectivity index (χ4v) is 1.45. The molecule has 1 rings (SSSR count). The molecule has 0 N–H and O–H groups in total. The van der Waals surface area contributed by atoms with Gasteiger partial charge in [-0.3, -0.25) is 0 Å². The molecule has 0 radical (unpaired) electrons. The molecule has 0 aromatic carbocycles. The van der Waals surface area contributed by atoms with E-state index in [2.05, 4.69) is 27.5 Å². The molecular weight excluding hydrogens is 242 g/mol. The first-order valence-corrected chi connectivity index (χ1v) is 5.28. The van der Waals surface area contributed by atoms with Crippen LogP contribution in [0.1, 0.15) is 18.9 Å². The third-order valence-electron chi connectivity index (χ3n) is 1.76. The van der Waals surface area contributed by atoms with Crippen molar-refractivity contribution in [3.63, 3.8) is 0 Å². The molecule has 0 bridgehead atoms. The lowest BCUT2D eigenvalue weighted by atomic mass is 10.2. The number of rotatable bonds is 4. The van der Waals surface area contributed by atoms with Crippen molar-refractivity contribution in [1.82, 2.24) is 4.98 Å². The maximum Gasteiger partial charge on any atom is 0.216 e. The molecule has 14 heavy (non-hydrogen) atoms. The fourth-order valence-electron chi connectivity index (χ4n) is 1.00. The van der Waals surface area contributed by atoms with Crippen molar-refractivity contribution < 1.29 is 4.74 Å². The van der Waals surface area contributed by atoms with E-state index in [9.17, 15) is 0 Å². The highest BCUT2D eigenvalue weighted by molar-refractivity contribution is 9.10. The van der Waals surface area contributed by atoms with Gasteiger partial charge in [0, 0.05) is 22.7 Å². The minimum Gasteiger partial charge on any atom is -0.477 e. The van der Waals surface area contributed by atoms with Crippen LogP contribution in [0.2, 0.25) is 0 Å². The van der Waals surface area contributed by atoms with Crippen molar-refractivity contribution in [2.75, 3.05) is 6.61 Å². The van der Waals surface area contributed by atoms with Gasteiger partial charge in [-0.2, -0.15) is 0 Å². The van der Waals surface area contributed by atoms with Crippen molar-refractivity contribution in [2.24, 2.45) is 0 Å². The molecule has 76 valence electrons. The zero-order valence-electron chi connectivity index (χ0n) is 8.51. The summed E-state index contributed by atoms with van der Waals surface area (Å²) in [6.07, 6.45) is 2.61. The molecule has 1 aromatic rings. The molecule has 0 aliphatic rings. The van der Waals surface area contributed by atoms with Crippen LogP contribution in [0.15, 0.2) is 28.9 Å². The van der Waals surface area contributed by atoms with Crippen LogP contribution in [0.3, 0.4) is 0 Å². The van der Waals surface area contributed by atoms with Gasteiger partial charge < -0.3 is 4.74 Å². The topological polar surface area (TPSA) is 22.1 Å². The Morgan fingerprint density at radius 1 is 1.64 bits per heavy atom. The van der Waals surface area contributed by atoms with Gasteiger partial charge in [-0.05, 0) is 35.8 Å². The predicted molar refractivity (Wildman–Crippen MR) is 61.6 cm³/mol. The van der Waals surface area contributed by atoms with Gasteiger partial charge in [-0.25, -0.2) is 4.98 Å². The monoisotopic (exact) mass is 255 g/mol. The van der Waals surface area contributed by atoms with Gasteiger partial charge in [0.15, 0.2) is 0 Å². The molecule has 0 atom stereocenters. The van der Waals surface area contributed by atoms with E-state index >= 15 is 0 Å². The highest BCUT2D eigenvalue weighted by Gasteiger charge is 2.01. The van der Waals surface area contributed by atoms with Gasteiger partial charge in [0.25, 0.3) is 0 Å². The van der Waals surface area contributed by atoms with Crippen molar-refractivity contribution in [3.8, 4) is 5.88 Å². The van der Waals surface area contributed by atoms with E-state index in [1.807, 2.05) is 19.9 Å². The quantitative estimate of drug-likeness (QED) is 0.769. The van der Waals surface area contributed by atoms with E-state index in [1.54, 1.807) is 6.20 Å². The van der Waals surface area contributed by atoms with Gasteiger partial charge in [0.1, 0.15) is 0 Å². The zero-order valence-corrected chi connectivity index (χ0v) is 10.1. The third kappa shape index (κ3) is 3.50. The number of halogens is 1. The van der Waals surface area contributed by atoms with Gasteiger partial charge in [0.2, 0.25) is 5.88 Å². The Labute approximate surface area is 93.1 Å². The number of aromatic nitrogens is 1. The number of ether oxygens (including phenoxy) is 1. The lowest BCUT2D eigenvalue weighted by Crippen LogP contribution is -2.00. The molecule has 0 spiro atoms. The zero-order chi connectivity index (χ0) is 10.6. The minimum absolute atomic E-state index is 0.644. The molecule has 0 saturated heterocycles. The summed E-state index contributed by atoms with van der Waals surface area (Å²) in [6, 6.07) is 1.99. The number of hydrogen-bond donors (Lipinski definition) is 0. The second-order valence-corrected chi connectivity index (χ2v) is 4.25. The lowest BCUT2D eigenvalue weighted by Gasteiger charge is -2.07. The van der Waals surface area contributed by atoms with Crippen LogP contribution in [0, 0.1) is 6.92 Å². The summed E-state index contributed by atoms with van der Waals surface area (Å²) in [6.45, 7) is 8.43. The highest BCUT2D eigenvalue weighted by atomic mass is 79.9. The molecule has 0 amide bonds. The molecular formula is C11H14BrNO. The average Bonchev–Trinajstić information content (AvgIpc) is 2.08. The van der Waals surface area contributed by atoms with Crippen LogP contribution in [0.25, 0.3) is 0 Å². The second kappa shape index (κ2) is 5.15. The van der Waals surface area contributed by atoms with E-state index in [0.717, 1.165) is 22.0 Å². The van der Waals surface area contributed by atoms with Crippen LogP contribution < -0.4 is 4.74 Å². The van der Waals surface area contributed by atoms with Gasteiger partial charge in [-0.1, -0.05) is 5.57 Å². The van der Waals surface area contributed by atoms with Crippen LogP contribution in [0.5, 0.6) is 5.88 Å². The van der Waals surface area contributed by atoms with Crippen LogP contribution in [0.4, 0.5) is 0 Å². The molecule has 0 aliphatic carbocycles. The number of hydrogen-bond acceptors (Lipinski definition) is 2. The summed E-state index contributed by atoms with van der Waals surface area (Å²) >= 11 is 3.36. The first-order valence-electron chi connectivity index (χ1n) is 4.49. The number of nitrogens with zero attached hydrogens (tertiary/aromatic N) is 1. The largest absolute Gasteiger partial charge is 0.477 e.